The summed E-state index contributed by atoms with van der Waals surface area (Å²) in [5.74, 6) is 2.36. The van der Waals surface area contributed by atoms with Crippen LogP contribution in [0.4, 0.5) is 0 Å². The maximum absolute atomic E-state index is 10.7. The van der Waals surface area contributed by atoms with E-state index >= 15 is 0 Å². The summed E-state index contributed by atoms with van der Waals surface area (Å²) in [5, 5.41) is 10.7. The fourth-order valence-corrected chi connectivity index (χ4v) is 6.19. The number of fused-ring (bicyclic) bond motifs is 1. The van der Waals surface area contributed by atoms with Crippen molar-refractivity contribution in [1.82, 2.24) is 4.90 Å². The van der Waals surface area contributed by atoms with Crippen molar-refractivity contribution in [1.29, 1.82) is 0 Å². The van der Waals surface area contributed by atoms with Gasteiger partial charge in [-0.15, -0.1) is 0 Å². The van der Waals surface area contributed by atoms with Crippen molar-refractivity contribution < 1.29 is 5.11 Å². The molecule has 2 saturated carbocycles. The van der Waals surface area contributed by atoms with Gasteiger partial charge < -0.3 is 5.11 Å². The molecule has 24 heavy (non-hydrogen) atoms. The van der Waals surface area contributed by atoms with Crippen LogP contribution in [0.15, 0.2) is 28.7 Å². The van der Waals surface area contributed by atoms with E-state index in [-0.39, 0.29) is 6.10 Å². The van der Waals surface area contributed by atoms with E-state index in [1.807, 2.05) is 0 Å². The molecule has 0 spiro atoms. The Balaban J connectivity index is 1.38. The summed E-state index contributed by atoms with van der Waals surface area (Å²) in [6.45, 7) is 2.29. The number of aliphatic hydroxyl groups is 1. The lowest BCUT2D eigenvalue weighted by Crippen LogP contribution is -2.52. The minimum Gasteiger partial charge on any atom is -0.391 e. The topological polar surface area (TPSA) is 23.5 Å². The van der Waals surface area contributed by atoms with Crippen LogP contribution in [-0.4, -0.2) is 35.2 Å². The average Bonchev–Trinajstić information content (AvgIpc) is 2.62. The van der Waals surface area contributed by atoms with E-state index in [1.54, 1.807) is 0 Å². The molecule has 3 heteroatoms. The van der Waals surface area contributed by atoms with Crippen molar-refractivity contribution in [2.45, 2.75) is 69.4 Å². The molecule has 2 nitrogen and oxygen atoms in total. The zero-order chi connectivity index (χ0) is 16.5. The van der Waals surface area contributed by atoms with E-state index in [1.165, 1.54) is 55.0 Å². The molecule has 2 aliphatic carbocycles. The standard InChI is InChI=1S/C21H30BrNO/c22-19-8-4-3-7-18(19)15-9-11-23(12-10-15)20-13-16-5-1-2-6-17(16)14-21(20)24/h3-4,7-8,15-17,20-21,24H,1-2,5-6,9-14H2/t16-,17-,20?,21?/m0/s1. The van der Waals surface area contributed by atoms with E-state index in [4.69, 9.17) is 0 Å². The summed E-state index contributed by atoms with van der Waals surface area (Å²) in [6, 6.07) is 9.11. The van der Waals surface area contributed by atoms with E-state index < -0.39 is 0 Å². The maximum atomic E-state index is 10.7. The number of likely N-dealkylation sites (tertiary alicyclic amines) is 1. The van der Waals surface area contributed by atoms with Crippen molar-refractivity contribution in [3.63, 3.8) is 0 Å². The molecule has 1 aromatic rings. The van der Waals surface area contributed by atoms with Crippen LogP contribution in [0.5, 0.6) is 0 Å². The number of benzene rings is 1. The van der Waals surface area contributed by atoms with Gasteiger partial charge in [-0.2, -0.15) is 0 Å². The third-order valence-electron chi connectivity index (χ3n) is 6.94. The molecule has 3 aliphatic rings. The molecule has 0 aromatic heterocycles. The first-order valence-electron chi connectivity index (χ1n) is 9.89. The maximum Gasteiger partial charge on any atom is 0.0698 e. The molecular weight excluding hydrogens is 362 g/mol. The van der Waals surface area contributed by atoms with Gasteiger partial charge in [0.25, 0.3) is 0 Å². The van der Waals surface area contributed by atoms with Gasteiger partial charge in [0.05, 0.1) is 6.10 Å². The highest BCUT2D eigenvalue weighted by Gasteiger charge is 2.40. The summed E-state index contributed by atoms with van der Waals surface area (Å²) in [5.41, 5.74) is 1.47. The third-order valence-corrected chi connectivity index (χ3v) is 7.66. The molecule has 0 bridgehead atoms. The van der Waals surface area contributed by atoms with Crippen LogP contribution in [0, 0.1) is 11.8 Å². The molecule has 0 radical (unpaired) electrons. The molecule has 132 valence electrons. The summed E-state index contributed by atoms with van der Waals surface area (Å²) in [4.78, 5) is 2.61. The molecule has 4 rings (SSSR count). The van der Waals surface area contributed by atoms with Crippen LogP contribution in [0.1, 0.15) is 62.8 Å². The van der Waals surface area contributed by atoms with Crippen LogP contribution in [0.3, 0.4) is 0 Å². The zero-order valence-corrected chi connectivity index (χ0v) is 16.1. The Bertz CT molecular complexity index is 555. The van der Waals surface area contributed by atoms with E-state index in [0.29, 0.717) is 12.0 Å². The highest BCUT2D eigenvalue weighted by molar-refractivity contribution is 9.10. The number of hydrogen-bond donors (Lipinski definition) is 1. The predicted octanol–water partition coefficient (Wildman–Crippen LogP) is 4.96. The largest absolute Gasteiger partial charge is 0.391 e. The van der Waals surface area contributed by atoms with Crippen molar-refractivity contribution in [2.24, 2.45) is 11.8 Å². The average molecular weight is 392 g/mol. The van der Waals surface area contributed by atoms with Crippen LogP contribution in [-0.2, 0) is 0 Å². The number of nitrogens with zero attached hydrogens (tertiary/aromatic N) is 1. The van der Waals surface area contributed by atoms with Gasteiger partial charge in [-0.1, -0.05) is 59.8 Å². The second-order valence-corrected chi connectivity index (χ2v) is 9.10. The van der Waals surface area contributed by atoms with Gasteiger partial charge in [0, 0.05) is 10.5 Å². The first-order chi connectivity index (χ1) is 11.7. The van der Waals surface area contributed by atoms with Crippen LogP contribution >= 0.6 is 15.9 Å². The Morgan fingerprint density at radius 3 is 2.29 bits per heavy atom. The molecular formula is C21H30BrNO. The highest BCUT2D eigenvalue weighted by atomic mass is 79.9. The number of rotatable bonds is 2. The van der Waals surface area contributed by atoms with Crippen molar-refractivity contribution in [2.75, 3.05) is 13.1 Å². The molecule has 1 aliphatic heterocycles. The summed E-state index contributed by atoms with van der Waals surface area (Å²) >= 11 is 3.72. The van der Waals surface area contributed by atoms with Gasteiger partial charge in [0.15, 0.2) is 0 Å². The van der Waals surface area contributed by atoms with Crippen molar-refractivity contribution in [3.05, 3.63) is 34.3 Å². The van der Waals surface area contributed by atoms with Gasteiger partial charge >= 0.3 is 0 Å². The van der Waals surface area contributed by atoms with Gasteiger partial charge in [0.2, 0.25) is 0 Å². The molecule has 1 heterocycles. The highest BCUT2D eigenvalue weighted by Crippen LogP contribution is 2.43. The minimum atomic E-state index is -0.0932. The first-order valence-corrected chi connectivity index (χ1v) is 10.7. The smallest absolute Gasteiger partial charge is 0.0698 e. The monoisotopic (exact) mass is 391 g/mol. The minimum absolute atomic E-state index is 0.0932. The normalized spacial score (nSPS) is 35.6. The van der Waals surface area contributed by atoms with Gasteiger partial charge in [-0.05, 0) is 68.2 Å². The second-order valence-electron chi connectivity index (χ2n) is 8.24. The van der Waals surface area contributed by atoms with E-state index in [9.17, 15) is 5.11 Å². The van der Waals surface area contributed by atoms with Crippen LogP contribution in [0.2, 0.25) is 0 Å². The van der Waals surface area contributed by atoms with Crippen molar-refractivity contribution in [3.8, 4) is 0 Å². The molecule has 1 saturated heterocycles. The third kappa shape index (κ3) is 3.45. The lowest BCUT2D eigenvalue weighted by molar-refractivity contribution is -0.0386. The number of aliphatic hydroxyl groups excluding tert-OH is 1. The lowest BCUT2D eigenvalue weighted by Gasteiger charge is -2.47. The lowest BCUT2D eigenvalue weighted by atomic mass is 9.68. The number of piperidine rings is 1. The molecule has 1 aromatic carbocycles. The Hall–Kier alpha value is -0.380. The SMILES string of the molecule is OC1C[C@@H]2CCCC[C@H]2CC1N1CCC(c2ccccc2Br)CC1. The van der Waals surface area contributed by atoms with Gasteiger partial charge in [-0.25, -0.2) is 0 Å². The zero-order valence-electron chi connectivity index (χ0n) is 14.5. The summed E-state index contributed by atoms with van der Waals surface area (Å²) < 4.78 is 1.26. The Morgan fingerprint density at radius 1 is 0.917 bits per heavy atom. The number of halogens is 1. The Kier molecular flexibility index (Phi) is 5.31. The van der Waals surface area contributed by atoms with Crippen LogP contribution < -0.4 is 0 Å². The molecule has 1 N–H and O–H groups in total. The van der Waals surface area contributed by atoms with Gasteiger partial charge in [0.1, 0.15) is 0 Å². The molecule has 4 atom stereocenters. The Labute approximate surface area is 154 Å². The van der Waals surface area contributed by atoms with E-state index in [0.717, 1.165) is 31.3 Å². The quantitative estimate of drug-likeness (QED) is 0.769. The second kappa shape index (κ2) is 7.47. The first kappa shape index (κ1) is 17.1. The van der Waals surface area contributed by atoms with Crippen molar-refractivity contribution >= 4 is 15.9 Å². The van der Waals surface area contributed by atoms with Crippen LogP contribution in [0.25, 0.3) is 0 Å². The molecule has 3 fully saturated rings. The molecule has 0 amide bonds. The molecule has 2 unspecified atom stereocenters. The fraction of sp³-hybridized carbons (Fsp3) is 0.714. The van der Waals surface area contributed by atoms with Gasteiger partial charge in [-0.3, -0.25) is 4.90 Å². The predicted molar refractivity (Wildman–Crippen MR) is 102 cm³/mol. The fourth-order valence-electron chi connectivity index (χ4n) is 5.58. The summed E-state index contributed by atoms with van der Waals surface area (Å²) in [7, 11) is 0. The summed E-state index contributed by atoms with van der Waals surface area (Å²) in [6.07, 6.45) is 10.2. The number of hydrogen-bond acceptors (Lipinski definition) is 2. The Morgan fingerprint density at radius 2 is 1.58 bits per heavy atom. The van der Waals surface area contributed by atoms with E-state index in [2.05, 4.69) is 45.1 Å².